The summed E-state index contributed by atoms with van der Waals surface area (Å²) in [6, 6.07) is 5.80. The van der Waals surface area contributed by atoms with Gasteiger partial charge in [0, 0.05) is 18.0 Å². The largest absolute Gasteiger partial charge is 0.486 e. The average Bonchev–Trinajstić information content (AvgIpc) is 3.05. The molecule has 0 radical (unpaired) electrons. The second-order valence-corrected chi connectivity index (χ2v) is 7.22. The van der Waals surface area contributed by atoms with Crippen LogP contribution in [0.4, 0.5) is 4.39 Å². The van der Waals surface area contributed by atoms with Crippen molar-refractivity contribution in [3.63, 3.8) is 0 Å². The van der Waals surface area contributed by atoms with E-state index in [2.05, 4.69) is 10.3 Å². The maximum atomic E-state index is 12.9. The van der Waals surface area contributed by atoms with Crippen LogP contribution in [0.15, 0.2) is 29.6 Å². The highest BCUT2D eigenvalue weighted by atomic mass is 32.1. The van der Waals surface area contributed by atoms with Gasteiger partial charge in [-0.05, 0) is 45.0 Å². The van der Waals surface area contributed by atoms with Gasteiger partial charge < -0.3 is 15.0 Å². The lowest BCUT2D eigenvalue weighted by atomic mass is 10.3. The van der Waals surface area contributed by atoms with Crippen molar-refractivity contribution in [2.24, 2.45) is 0 Å². The summed E-state index contributed by atoms with van der Waals surface area (Å²) in [5, 5.41) is 5.31. The third-order valence-corrected chi connectivity index (χ3v) is 4.50. The zero-order valence-electron chi connectivity index (χ0n) is 15.7. The molecular formula is C19H24FN3O3S. The molecule has 0 spiro atoms. The van der Waals surface area contributed by atoms with Crippen LogP contribution in [0.1, 0.15) is 31.5 Å². The number of carbonyl (C=O) groups excluding carboxylic acids is 2. The molecule has 0 unspecified atom stereocenters. The molecule has 1 aromatic carbocycles. The Morgan fingerprint density at radius 2 is 2.00 bits per heavy atom. The third kappa shape index (κ3) is 6.97. The zero-order chi connectivity index (χ0) is 19.8. The van der Waals surface area contributed by atoms with E-state index in [1.807, 2.05) is 26.2 Å². The van der Waals surface area contributed by atoms with Crippen LogP contribution in [0, 0.1) is 5.82 Å². The molecule has 6 nitrogen and oxygen atoms in total. The Kier molecular flexibility index (Phi) is 7.72. The van der Waals surface area contributed by atoms with Gasteiger partial charge in [0.1, 0.15) is 23.2 Å². The molecule has 27 heavy (non-hydrogen) atoms. The van der Waals surface area contributed by atoms with E-state index < -0.39 is 0 Å². The van der Waals surface area contributed by atoms with Gasteiger partial charge in [-0.15, -0.1) is 11.3 Å². The standard InChI is InChI=1S/C19H24FN3O3S/c1-4-23(10-17(24)21-13(2)3)19(25)9-15-12-27-18(22-15)11-26-16-7-5-14(20)6-8-16/h5-8,12-13H,4,9-11H2,1-3H3,(H,21,24). The molecule has 0 aliphatic rings. The number of thiazole rings is 1. The highest BCUT2D eigenvalue weighted by Crippen LogP contribution is 2.16. The third-order valence-electron chi connectivity index (χ3n) is 3.63. The van der Waals surface area contributed by atoms with E-state index in [1.165, 1.54) is 28.4 Å². The SMILES string of the molecule is CCN(CC(=O)NC(C)C)C(=O)Cc1csc(COc2ccc(F)cc2)n1. The molecule has 0 saturated carbocycles. The molecule has 2 rings (SSSR count). The minimum Gasteiger partial charge on any atom is -0.486 e. The Morgan fingerprint density at radius 3 is 2.63 bits per heavy atom. The Hall–Kier alpha value is -2.48. The summed E-state index contributed by atoms with van der Waals surface area (Å²) in [5.41, 5.74) is 0.644. The quantitative estimate of drug-likeness (QED) is 0.711. The summed E-state index contributed by atoms with van der Waals surface area (Å²) in [6.45, 7) is 6.33. The number of hydrogen-bond donors (Lipinski definition) is 1. The lowest BCUT2D eigenvalue weighted by molar-refractivity contribution is -0.135. The van der Waals surface area contributed by atoms with E-state index in [4.69, 9.17) is 4.74 Å². The summed E-state index contributed by atoms with van der Waals surface area (Å²) >= 11 is 1.40. The second kappa shape index (κ2) is 10.0. The fraction of sp³-hybridized carbons (Fsp3) is 0.421. The van der Waals surface area contributed by atoms with Crippen molar-refractivity contribution in [3.8, 4) is 5.75 Å². The number of hydrogen-bond acceptors (Lipinski definition) is 5. The number of aromatic nitrogens is 1. The summed E-state index contributed by atoms with van der Waals surface area (Å²) in [5.74, 6) is -0.0860. The Bertz CT molecular complexity index is 762. The molecule has 0 fully saturated rings. The van der Waals surface area contributed by atoms with Crippen molar-refractivity contribution in [2.75, 3.05) is 13.1 Å². The number of nitrogens with zero attached hydrogens (tertiary/aromatic N) is 2. The Labute approximate surface area is 162 Å². The summed E-state index contributed by atoms with van der Waals surface area (Å²) in [4.78, 5) is 30.2. The molecule has 2 amide bonds. The van der Waals surface area contributed by atoms with Gasteiger partial charge in [0.05, 0.1) is 18.7 Å². The molecule has 0 aliphatic heterocycles. The van der Waals surface area contributed by atoms with Gasteiger partial charge in [0.15, 0.2) is 0 Å². The molecular weight excluding hydrogens is 369 g/mol. The van der Waals surface area contributed by atoms with E-state index in [-0.39, 0.29) is 43.2 Å². The topological polar surface area (TPSA) is 71.5 Å². The van der Waals surface area contributed by atoms with Crippen LogP contribution in [0.2, 0.25) is 0 Å². The minimum atomic E-state index is -0.319. The van der Waals surface area contributed by atoms with Crippen molar-refractivity contribution in [2.45, 2.75) is 39.8 Å². The first kappa shape index (κ1) is 20.8. The molecule has 0 atom stereocenters. The molecule has 0 aliphatic carbocycles. The molecule has 1 aromatic heterocycles. The molecule has 1 N–H and O–H groups in total. The zero-order valence-corrected chi connectivity index (χ0v) is 16.5. The normalized spacial score (nSPS) is 10.7. The fourth-order valence-corrected chi connectivity index (χ4v) is 3.06. The van der Waals surface area contributed by atoms with Gasteiger partial charge in [-0.3, -0.25) is 9.59 Å². The predicted molar refractivity (Wildman–Crippen MR) is 102 cm³/mol. The van der Waals surface area contributed by atoms with Gasteiger partial charge in [0.25, 0.3) is 0 Å². The molecule has 8 heteroatoms. The number of halogens is 1. The van der Waals surface area contributed by atoms with Gasteiger partial charge in [0.2, 0.25) is 11.8 Å². The summed E-state index contributed by atoms with van der Waals surface area (Å²) < 4.78 is 18.4. The number of benzene rings is 1. The highest BCUT2D eigenvalue weighted by molar-refractivity contribution is 7.09. The van der Waals surface area contributed by atoms with Crippen molar-refractivity contribution >= 4 is 23.2 Å². The van der Waals surface area contributed by atoms with E-state index in [0.29, 0.717) is 18.0 Å². The summed E-state index contributed by atoms with van der Waals surface area (Å²) in [6.07, 6.45) is 0.135. The van der Waals surface area contributed by atoms with E-state index >= 15 is 0 Å². The van der Waals surface area contributed by atoms with Crippen molar-refractivity contribution in [1.82, 2.24) is 15.2 Å². The second-order valence-electron chi connectivity index (χ2n) is 6.28. The minimum absolute atomic E-state index is 0.0357. The smallest absolute Gasteiger partial charge is 0.239 e. The number of likely N-dealkylation sites (N-methyl/N-ethyl adjacent to an activating group) is 1. The Morgan fingerprint density at radius 1 is 1.30 bits per heavy atom. The molecule has 0 bridgehead atoms. The number of nitrogens with one attached hydrogen (secondary N) is 1. The number of rotatable bonds is 9. The van der Waals surface area contributed by atoms with Gasteiger partial charge in [-0.25, -0.2) is 9.37 Å². The first-order valence-corrected chi connectivity index (χ1v) is 9.64. The monoisotopic (exact) mass is 393 g/mol. The van der Waals surface area contributed by atoms with Crippen molar-refractivity contribution in [1.29, 1.82) is 0 Å². The van der Waals surface area contributed by atoms with Crippen LogP contribution in [-0.4, -0.2) is 40.8 Å². The first-order chi connectivity index (χ1) is 12.9. The number of ether oxygens (including phenoxy) is 1. The molecule has 2 aromatic rings. The molecule has 0 saturated heterocycles. The van der Waals surface area contributed by atoms with Crippen LogP contribution in [0.25, 0.3) is 0 Å². The van der Waals surface area contributed by atoms with Crippen LogP contribution >= 0.6 is 11.3 Å². The van der Waals surface area contributed by atoms with Crippen LogP contribution < -0.4 is 10.1 Å². The summed E-state index contributed by atoms with van der Waals surface area (Å²) in [7, 11) is 0. The van der Waals surface area contributed by atoms with E-state index in [0.717, 1.165) is 5.01 Å². The molecule has 146 valence electrons. The van der Waals surface area contributed by atoms with Crippen molar-refractivity contribution in [3.05, 3.63) is 46.2 Å². The molecule has 1 heterocycles. The Balaban J connectivity index is 1.86. The van der Waals surface area contributed by atoms with E-state index in [9.17, 15) is 14.0 Å². The number of amides is 2. The fourth-order valence-electron chi connectivity index (χ4n) is 2.36. The maximum Gasteiger partial charge on any atom is 0.239 e. The predicted octanol–water partition coefficient (Wildman–Crippen LogP) is 2.78. The van der Waals surface area contributed by atoms with Gasteiger partial charge >= 0.3 is 0 Å². The van der Waals surface area contributed by atoms with E-state index in [1.54, 1.807) is 12.1 Å². The average molecular weight is 393 g/mol. The van der Waals surface area contributed by atoms with Crippen molar-refractivity contribution < 1.29 is 18.7 Å². The van der Waals surface area contributed by atoms with Gasteiger partial charge in [-0.1, -0.05) is 0 Å². The van der Waals surface area contributed by atoms with Crippen LogP contribution in [0.3, 0.4) is 0 Å². The first-order valence-electron chi connectivity index (χ1n) is 8.76. The maximum absolute atomic E-state index is 12.9. The number of carbonyl (C=O) groups is 2. The highest BCUT2D eigenvalue weighted by Gasteiger charge is 2.17. The lowest BCUT2D eigenvalue weighted by Gasteiger charge is -2.20. The van der Waals surface area contributed by atoms with Gasteiger partial charge in [-0.2, -0.15) is 0 Å². The van der Waals surface area contributed by atoms with Crippen LogP contribution in [-0.2, 0) is 22.6 Å². The lowest BCUT2D eigenvalue weighted by Crippen LogP contribution is -2.43. The van der Waals surface area contributed by atoms with Crippen LogP contribution in [0.5, 0.6) is 5.75 Å².